The zero-order valence-corrected chi connectivity index (χ0v) is 16.6. The predicted molar refractivity (Wildman–Crippen MR) is 116 cm³/mol. The van der Waals surface area contributed by atoms with Gasteiger partial charge < -0.3 is 9.84 Å². The summed E-state index contributed by atoms with van der Waals surface area (Å²) < 4.78 is 5.52. The molecule has 3 heterocycles. The van der Waals surface area contributed by atoms with E-state index in [0.717, 1.165) is 27.9 Å². The molecular formula is C23H16N4O2S. The second-order valence-electron chi connectivity index (χ2n) is 6.66. The van der Waals surface area contributed by atoms with Crippen LogP contribution in [0.4, 0.5) is 0 Å². The molecule has 0 radical (unpaired) electrons. The van der Waals surface area contributed by atoms with Crippen molar-refractivity contribution in [1.29, 1.82) is 0 Å². The third-order valence-corrected chi connectivity index (χ3v) is 5.44. The minimum atomic E-state index is -0.195. The largest absolute Gasteiger partial charge is 0.355 e. The number of rotatable bonds is 5. The molecule has 5 aromatic rings. The van der Waals surface area contributed by atoms with E-state index in [1.165, 1.54) is 0 Å². The van der Waals surface area contributed by atoms with Crippen molar-refractivity contribution in [1.82, 2.24) is 20.4 Å². The maximum absolute atomic E-state index is 12.8. The molecule has 146 valence electrons. The van der Waals surface area contributed by atoms with Gasteiger partial charge >= 0.3 is 0 Å². The molecule has 0 spiro atoms. The molecule has 0 bridgehead atoms. The molecule has 0 saturated heterocycles. The molecule has 0 unspecified atom stereocenters. The summed E-state index contributed by atoms with van der Waals surface area (Å²) in [6.07, 6.45) is 3.29. The van der Waals surface area contributed by atoms with Crippen LogP contribution in [0.15, 0.2) is 82.3 Å². The van der Waals surface area contributed by atoms with E-state index in [2.05, 4.69) is 20.4 Å². The Morgan fingerprint density at radius 3 is 2.70 bits per heavy atom. The SMILES string of the molecule is O=C(NCc1nccnc1-c1ccsc1)c1ccc2noc(-c3ccccc3)c2c1. The number of carbonyl (C=O) groups excluding carboxylic acids is 1. The van der Waals surface area contributed by atoms with Crippen LogP contribution in [0.2, 0.25) is 0 Å². The van der Waals surface area contributed by atoms with E-state index in [1.54, 1.807) is 41.9 Å². The summed E-state index contributed by atoms with van der Waals surface area (Å²) in [5.41, 5.74) is 4.65. The number of nitrogens with zero attached hydrogens (tertiary/aromatic N) is 3. The van der Waals surface area contributed by atoms with Gasteiger partial charge in [-0.15, -0.1) is 0 Å². The second-order valence-corrected chi connectivity index (χ2v) is 7.44. The van der Waals surface area contributed by atoms with Crippen LogP contribution >= 0.6 is 11.3 Å². The first-order valence-corrected chi connectivity index (χ1v) is 10.3. The lowest BCUT2D eigenvalue weighted by atomic mass is 10.1. The van der Waals surface area contributed by atoms with E-state index in [1.807, 2.05) is 47.2 Å². The summed E-state index contributed by atoms with van der Waals surface area (Å²) in [6.45, 7) is 0.283. The highest BCUT2D eigenvalue weighted by atomic mass is 32.1. The van der Waals surface area contributed by atoms with Crippen molar-refractivity contribution >= 4 is 28.1 Å². The zero-order valence-electron chi connectivity index (χ0n) is 15.8. The molecule has 0 fully saturated rings. The Labute approximate surface area is 176 Å². The van der Waals surface area contributed by atoms with Gasteiger partial charge in [0.05, 0.1) is 23.3 Å². The number of hydrogen-bond donors (Lipinski definition) is 1. The van der Waals surface area contributed by atoms with Crippen LogP contribution in [0.5, 0.6) is 0 Å². The van der Waals surface area contributed by atoms with E-state index >= 15 is 0 Å². The van der Waals surface area contributed by atoms with Crippen LogP contribution in [0.25, 0.3) is 33.5 Å². The molecule has 3 aromatic heterocycles. The van der Waals surface area contributed by atoms with Gasteiger partial charge in [0.1, 0.15) is 5.52 Å². The first-order chi connectivity index (χ1) is 14.8. The van der Waals surface area contributed by atoms with Crippen molar-refractivity contribution in [2.75, 3.05) is 0 Å². The summed E-state index contributed by atoms with van der Waals surface area (Å²) in [4.78, 5) is 21.6. The fraction of sp³-hybridized carbons (Fsp3) is 0.0435. The molecule has 0 saturated carbocycles. The van der Waals surface area contributed by atoms with Crippen LogP contribution in [0, 0.1) is 0 Å². The van der Waals surface area contributed by atoms with Gasteiger partial charge in [-0.1, -0.05) is 35.5 Å². The zero-order chi connectivity index (χ0) is 20.3. The smallest absolute Gasteiger partial charge is 0.251 e. The average Bonchev–Trinajstić information content (AvgIpc) is 3.48. The molecule has 0 aliphatic carbocycles. The highest BCUT2D eigenvalue weighted by molar-refractivity contribution is 7.08. The van der Waals surface area contributed by atoms with Crippen LogP contribution in [-0.2, 0) is 6.54 Å². The normalized spacial score (nSPS) is 10.9. The van der Waals surface area contributed by atoms with Crippen molar-refractivity contribution in [2.24, 2.45) is 0 Å². The van der Waals surface area contributed by atoms with Gasteiger partial charge in [0.25, 0.3) is 5.91 Å². The molecule has 0 aliphatic rings. The third kappa shape index (κ3) is 3.46. The van der Waals surface area contributed by atoms with Crippen LogP contribution in [0.3, 0.4) is 0 Å². The first kappa shape index (κ1) is 18.2. The van der Waals surface area contributed by atoms with Gasteiger partial charge in [-0.25, -0.2) is 0 Å². The second kappa shape index (κ2) is 7.88. The van der Waals surface area contributed by atoms with E-state index in [4.69, 9.17) is 4.52 Å². The monoisotopic (exact) mass is 412 g/mol. The van der Waals surface area contributed by atoms with Crippen LogP contribution in [0.1, 0.15) is 16.1 Å². The van der Waals surface area contributed by atoms with Gasteiger partial charge in [0.2, 0.25) is 0 Å². The number of carbonyl (C=O) groups is 1. The minimum Gasteiger partial charge on any atom is -0.355 e. The lowest BCUT2D eigenvalue weighted by Crippen LogP contribution is -2.23. The van der Waals surface area contributed by atoms with E-state index < -0.39 is 0 Å². The Morgan fingerprint density at radius 1 is 1.00 bits per heavy atom. The number of benzene rings is 2. The summed E-state index contributed by atoms with van der Waals surface area (Å²) in [5, 5.41) is 11.9. The molecule has 5 rings (SSSR count). The van der Waals surface area contributed by atoms with Crippen molar-refractivity contribution in [3.8, 4) is 22.6 Å². The Bertz CT molecular complexity index is 1310. The van der Waals surface area contributed by atoms with Crippen molar-refractivity contribution in [3.63, 3.8) is 0 Å². The average molecular weight is 412 g/mol. The number of thiophene rings is 1. The molecule has 1 N–H and O–H groups in total. The summed E-state index contributed by atoms with van der Waals surface area (Å²) >= 11 is 1.60. The van der Waals surface area contributed by atoms with E-state index in [0.29, 0.717) is 16.8 Å². The maximum atomic E-state index is 12.8. The van der Waals surface area contributed by atoms with Gasteiger partial charge in [0, 0.05) is 34.5 Å². The summed E-state index contributed by atoms with van der Waals surface area (Å²) in [5.74, 6) is 0.452. The fourth-order valence-corrected chi connectivity index (χ4v) is 3.92. The number of amides is 1. The maximum Gasteiger partial charge on any atom is 0.251 e. The van der Waals surface area contributed by atoms with Crippen molar-refractivity contribution in [2.45, 2.75) is 6.54 Å². The van der Waals surface area contributed by atoms with Gasteiger partial charge in [-0.05, 0) is 29.6 Å². The van der Waals surface area contributed by atoms with E-state index in [-0.39, 0.29) is 12.5 Å². The standard InChI is InChI=1S/C23H16N4O2S/c28-23(26-13-20-21(25-10-9-24-20)17-8-11-30-14-17)16-6-7-19-18(12-16)22(29-27-19)15-4-2-1-3-5-15/h1-12,14H,13H2,(H,26,28). The number of hydrogen-bond acceptors (Lipinski definition) is 6. The van der Waals surface area contributed by atoms with Gasteiger partial charge in [-0.3, -0.25) is 14.8 Å². The predicted octanol–water partition coefficient (Wildman–Crippen LogP) is 4.94. The number of aromatic nitrogens is 3. The topological polar surface area (TPSA) is 80.9 Å². The lowest BCUT2D eigenvalue weighted by molar-refractivity contribution is 0.0950. The van der Waals surface area contributed by atoms with Gasteiger partial charge in [0.15, 0.2) is 5.76 Å². The molecule has 30 heavy (non-hydrogen) atoms. The Morgan fingerprint density at radius 2 is 1.87 bits per heavy atom. The van der Waals surface area contributed by atoms with Crippen molar-refractivity contribution < 1.29 is 9.32 Å². The first-order valence-electron chi connectivity index (χ1n) is 9.35. The van der Waals surface area contributed by atoms with Crippen molar-refractivity contribution in [3.05, 3.63) is 89.0 Å². The van der Waals surface area contributed by atoms with Crippen LogP contribution < -0.4 is 5.32 Å². The molecule has 6 nitrogen and oxygen atoms in total. The minimum absolute atomic E-state index is 0.195. The molecular weight excluding hydrogens is 396 g/mol. The summed E-state index contributed by atoms with van der Waals surface area (Å²) in [6, 6.07) is 17.0. The quantitative estimate of drug-likeness (QED) is 0.442. The van der Waals surface area contributed by atoms with Crippen LogP contribution in [-0.4, -0.2) is 21.0 Å². The third-order valence-electron chi connectivity index (χ3n) is 4.76. The molecule has 1 amide bonds. The highest BCUT2D eigenvalue weighted by Gasteiger charge is 2.15. The molecule has 0 aliphatic heterocycles. The molecule has 0 atom stereocenters. The lowest BCUT2D eigenvalue weighted by Gasteiger charge is -2.08. The number of fused-ring (bicyclic) bond motifs is 1. The van der Waals surface area contributed by atoms with Gasteiger partial charge in [-0.2, -0.15) is 11.3 Å². The Kier molecular flexibility index (Phi) is 4.78. The molecule has 2 aromatic carbocycles. The Balaban J connectivity index is 1.40. The highest BCUT2D eigenvalue weighted by Crippen LogP contribution is 2.29. The summed E-state index contributed by atoms with van der Waals surface area (Å²) in [7, 11) is 0. The fourth-order valence-electron chi connectivity index (χ4n) is 3.28. The molecule has 7 heteroatoms. The number of nitrogens with one attached hydrogen (secondary N) is 1. The Hall–Kier alpha value is -3.84. The van der Waals surface area contributed by atoms with E-state index in [9.17, 15) is 4.79 Å².